The van der Waals surface area contributed by atoms with Gasteiger partial charge in [0.15, 0.2) is 12.0 Å². The lowest BCUT2D eigenvalue weighted by Crippen LogP contribution is -2.28. The van der Waals surface area contributed by atoms with E-state index >= 15 is 0 Å². The molecule has 7 nitrogen and oxygen atoms in total. The third-order valence-electron chi connectivity index (χ3n) is 4.18. The monoisotopic (exact) mass is 372 g/mol. The van der Waals surface area contributed by atoms with Crippen LogP contribution in [-0.4, -0.2) is 34.6 Å². The summed E-state index contributed by atoms with van der Waals surface area (Å²) in [6, 6.07) is 6.76. The summed E-state index contributed by atoms with van der Waals surface area (Å²) in [4.78, 5) is 36.1. The number of benzene rings is 1. The van der Waals surface area contributed by atoms with E-state index in [0.29, 0.717) is 53.9 Å². The Hall–Kier alpha value is -3.09. The van der Waals surface area contributed by atoms with E-state index in [1.807, 2.05) is 13.8 Å². The summed E-state index contributed by atoms with van der Waals surface area (Å²) >= 11 is 0. The molecule has 1 amide bonds. The van der Waals surface area contributed by atoms with Crippen molar-refractivity contribution >= 4 is 18.2 Å². The van der Waals surface area contributed by atoms with Crippen molar-refractivity contribution in [3.05, 3.63) is 52.3 Å². The van der Waals surface area contributed by atoms with E-state index in [1.54, 1.807) is 31.2 Å². The molecule has 0 saturated heterocycles. The number of carboxylic acid groups (broad SMARTS) is 1. The molecule has 1 heterocycles. The number of hydrogen-bond donors (Lipinski definition) is 2. The van der Waals surface area contributed by atoms with Crippen LogP contribution in [-0.2, 0) is 6.42 Å². The molecule has 1 aromatic heterocycles. The number of para-hydroxylation sites is 1. The quantitative estimate of drug-likeness (QED) is 0.657. The van der Waals surface area contributed by atoms with Gasteiger partial charge in [-0.05, 0) is 37.5 Å². The van der Waals surface area contributed by atoms with Gasteiger partial charge in [-0.15, -0.1) is 0 Å². The van der Waals surface area contributed by atoms with Crippen LogP contribution in [0.25, 0.3) is 0 Å². The summed E-state index contributed by atoms with van der Waals surface area (Å²) in [7, 11) is 0. The number of carboxylic acids is 1. The van der Waals surface area contributed by atoms with E-state index in [1.165, 1.54) is 4.68 Å². The first kappa shape index (κ1) is 20.2. The molecule has 0 fully saturated rings. The fourth-order valence-electron chi connectivity index (χ4n) is 2.94. The molecule has 0 atom stereocenters. The number of aromatic nitrogens is 1. The van der Waals surface area contributed by atoms with Crippen LogP contribution in [0, 0.1) is 6.92 Å². The highest BCUT2D eigenvalue weighted by molar-refractivity contribution is 6.03. The molecular weight excluding hydrogens is 348 g/mol. The fourth-order valence-corrected chi connectivity index (χ4v) is 2.94. The summed E-state index contributed by atoms with van der Waals surface area (Å²) < 4.78 is 6.82. The van der Waals surface area contributed by atoms with E-state index in [0.717, 1.165) is 6.42 Å². The number of aromatic carboxylic acids is 1. The maximum Gasteiger partial charge on any atom is 0.354 e. The number of aldehydes is 1. The maximum atomic E-state index is 12.8. The number of ether oxygens (including phenoxy) is 1. The Morgan fingerprint density at radius 2 is 1.93 bits per heavy atom. The number of rotatable bonds is 9. The van der Waals surface area contributed by atoms with E-state index < -0.39 is 11.9 Å². The Bertz CT molecular complexity index is 854. The number of amides is 1. The number of nitrogens with zero attached hydrogens (tertiary/aromatic N) is 1. The van der Waals surface area contributed by atoms with Crippen molar-refractivity contribution < 1.29 is 24.2 Å². The lowest BCUT2D eigenvalue weighted by molar-refractivity contribution is 0.0685. The third-order valence-corrected chi connectivity index (χ3v) is 4.18. The van der Waals surface area contributed by atoms with Crippen LogP contribution >= 0.6 is 0 Å². The van der Waals surface area contributed by atoms with Gasteiger partial charge in [-0.2, -0.15) is 0 Å². The van der Waals surface area contributed by atoms with Gasteiger partial charge in [-0.3, -0.25) is 15.0 Å². The maximum absolute atomic E-state index is 12.8. The van der Waals surface area contributed by atoms with Crippen LogP contribution in [0.15, 0.2) is 24.3 Å². The molecule has 27 heavy (non-hydrogen) atoms. The zero-order valence-electron chi connectivity index (χ0n) is 15.7. The summed E-state index contributed by atoms with van der Waals surface area (Å²) in [6.45, 7) is 5.90. The highest BCUT2D eigenvalue weighted by Gasteiger charge is 2.26. The third kappa shape index (κ3) is 4.19. The molecule has 0 aliphatic heterocycles. The summed E-state index contributed by atoms with van der Waals surface area (Å²) in [5.41, 5.74) is 3.90. The predicted molar refractivity (Wildman–Crippen MR) is 101 cm³/mol. The van der Waals surface area contributed by atoms with Crippen molar-refractivity contribution in [3.63, 3.8) is 0 Å². The predicted octanol–water partition coefficient (Wildman–Crippen LogP) is 3.43. The lowest BCUT2D eigenvalue weighted by Gasteiger charge is -2.15. The van der Waals surface area contributed by atoms with E-state index in [2.05, 4.69) is 5.43 Å². The Morgan fingerprint density at radius 1 is 1.22 bits per heavy atom. The highest BCUT2D eigenvalue weighted by Crippen LogP contribution is 2.23. The topological polar surface area (TPSA) is 97.6 Å². The minimum Gasteiger partial charge on any atom is -0.493 e. The molecule has 2 rings (SSSR count). The number of carbonyl (C=O) groups excluding carboxylic acids is 2. The number of hydrogen-bond acceptors (Lipinski definition) is 4. The average Bonchev–Trinajstić information content (AvgIpc) is 2.91. The summed E-state index contributed by atoms with van der Waals surface area (Å²) in [5, 5.41) is 9.59. The molecule has 2 aromatic rings. The minimum atomic E-state index is -1.21. The molecular formula is C20H24N2O5. The van der Waals surface area contributed by atoms with Crippen LogP contribution in [0.5, 0.6) is 5.75 Å². The van der Waals surface area contributed by atoms with Gasteiger partial charge in [0.25, 0.3) is 5.91 Å². The smallest absolute Gasteiger partial charge is 0.354 e. The highest BCUT2D eigenvalue weighted by atomic mass is 16.5. The first-order valence-electron chi connectivity index (χ1n) is 8.91. The molecule has 0 aliphatic carbocycles. The lowest BCUT2D eigenvalue weighted by atomic mass is 10.1. The van der Waals surface area contributed by atoms with Crippen molar-refractivity contribution in [2.45, 2.75) is 40.0 Å². The van der Waals surface area contributed by atoms with Gasteiger partial charge in [-0.1, -0.05) is 32.4 Å². The van der Waals surface area contributed by atoms with Gasteiger partial charge < -0.3 is 9.84 Å². The van der Waals surface area contributed by atoms with Gasteiger partial charge in [0.1, 0.15) is 5.75 Å². The zero-order valence-corrected chi connectivity index (χ0v) is 15.7. The Labute approximate surface area is 157 Å². The Kier molecular flexibility index (Phi) is 6.76. The van der Waals surface area contributed by atoms with Crippen molar-refractivity contribution in [2.24, 2.45) is 0 Å². The molecule has 7 heteroatoms. The molecule has 144 valence electrons. The molecule has 2 N–H and O–H groups in total. The largest absolute Gasteiger partial charge is 0.493 e. The molecule has 0 bridgehead atoms. The summed E-state index contributed by atoms with van der Waals surface area (Å²) in [5.74, 6) is -1.30. The molecule has 1 aromatic carbocycles. The zero-order chi connectivity index (χ0) is 20.0. The first-order valence-corrected chi connectivity index (χ1v) is 8.91. The molecule has 0 saturated carbocycles. The van der Waals surface area contributed by atoms with Crippen molar-refractivity contribution in [2.75, 3.05) is 12.0 Å². The fraction of sp³-hybridized carbons (Fsp3) is 0.350. The van der Waals surface area contributed by atoms with Gasteiger partial charge >= 0.3 is 5.97 Å². The first-order chi connectivity index (χ1) is 13.0. The van der Waals surface area contributed by atoms with Crippen molar-refractivity contribution in [1.29, 1.82) is 0 Å². The Morgan fingerprint density at radius 3 is 2.52 bits per heavy atom. The second-order valence-electron chi connectivity index (χ2n) is 6.13. The molecule has 0 radical (unpaired) electrons. The van der Waals surface area contributed by atoms with Crippen LogP contribution in [0.3, 0.4) is 0 Å². The normalized spacial score (nSPS) is 10.5. The minimum absolute atomic E-state index is 0.124. The summed E-state index contributed by atoms with van der Waals surface area (Å²) in [6.07, 6.45) is 2.57. The van der Waals surface area contributed by atoms with Crippen LogP contribution in [0.2, 0.25) is 0 Å². The van der Waals surface area contributed by atoms with E-state index in [-0.39, 0.29) is 5.69 Å². The van der Waals surface area contributed by atoms with Crippen LogP contribution < -0.4 is 10.2 Å². The SMILES string of the molecule is CCCOc1ccccc1C(=O)Nn1c(CCC)c(C=O)c(C)c1C(=O)O. The van der Waals surface area contributed by atoms with E-state index in [4.69, 9.17) is 4.74 Å². The van der Waals surface area contributed by atoms with Gasteiger partial charge in [0, 0.05) is 5.56 Å². The molecule has 0 aliphatic rings. The molecule has 0 spiro atoms. The van der Waals surface area contributed by atoms with Gasteiger partial charge in [-0.25, -0.2) is 9.47 Å². The van der Waals surface area contributed by atoms with Crippen LogP contribution in [0.4, 0.5) is 0 Å². The Balaban J connectivity index is 2.49. The van der Waals surface area contributed by atoms with Gasteiger partial charge in [0.05, 0.1) is 17.9 Å². The second-order valence-corrected chi connectivity index (χ2v) is 6.13. The van der Waals surface area contributed by atoms with Crippen LogP contribution in [0.1, 0.15) is 69.2 Å². The number of nitrogens with one attached hydrogen (secondary N) is 1. The number of carbonyl (C=O) groups is 3. The van der Waals surface area contributed by atoms with E-state index in [9.17, 15) is 19.5 Å². The second kappa shape index (κ2) is 9.02. The molecule has 0 unspecified atom stereocenters. The van der Waals surface area contributed by atoms with Gasteiger partial charge in [0.2, 0.25) is 0 Å². The standard InChI is InChI=1S/C20H24N2O5/c1-4-8-16-15(12-23)13(3)18(20(25)26)22(16)21-19(24)14-9-6-7-10-17(14)27-11-5-2/h6-7,9-10,12H,4-5,8,11H2,1-3H3,(H,21,24)(H,25,26). The van der Waals surface area contributed by atoms with Crippen molar-refractivity contribution in [3.8, 4) is 5.75 Å². The average molecular weight is 372 g/mol. The van der Waals surface area contributed by atoms with Crippen molar-refractivity contribution in [1.82, 2.24) is 4.68 Å².